The molecule has 2 atom stereocenters. The molecule has 0 spiro atoms. The van der Waals surface area contributed by atoms with E-state index in [1.54, 1.807) is 0 Å². The smallest absolute Gasteiger partial charge is 0.0316 e. The Bertz CT molecular complexity index is 296. The van der Waals surface area contributed by atoms with Gasteiger partial charge < -0.3 is 11.5 Å². The Hall–Kier alpha value is -1.02. The lowest BCUT2D eigenvalue weighted by atomic mass is 9.94. The van der Waals surface area contributed by atoms with E-state index in [4.69, 9.17) is 11.5 Å². The Labute approximate surface area is 78.9 Å². The summed E-state index contributed by atoms with van der Waals surface area (Å²) in [5, 5.41) is 0. The molecule has 0 unspecified atom stereocenters. The van der Waals surface area contributed by atoms with Crippen LogP contribution < -0.4 is 11.5 Å². The number of hydrogen-bond acceptors (Lipinski definition) is 2. The average Bonchev–Trinajstić information content (AvgIpc) is 2.51. The monoisotopic (exact) mass is 176 g/mol. The van der Waals surface area contributed by atoms with Crippen LogP contribution in [0.5, 0.6) is 0 Å². The Morgan fingerprint density at radius 2 is 2.08 bits per heavy atom. The van der Waals surface area contributed by atoms with Gasteiger partial charge in [-0.2, -0.15) is 0 Å². The van der Waals surface area contributed by atoms with Gasteiger partial charge in [0.1, 0.15) is 0 Å². The third-order valence-corrected chi connectivity index (χ3v) is 2.91. The molecule has 1 fully saturated rings. The van der Waals surface area contributed by atoms with Gasteiger partial charge in [0.15, 0.2) is 0 Å². The number of anilines is 1. The Morgan fingerprint density at radius 3 is 2.69 bits per heavy atom. The van der Waals surface area contributed by atoms with E-state index in [2.05, 4.69) is 12.1 Å². The van der Waals surface area contributed by atoms with Crippen molar-refractivity contribution in [3.8, 4) is 0 Å². The van der Waals surface area contributed by atoms with Crippen LogP contribution in [0.1, 0.15) is 30.7 Å². The van der Waals surface area contributed by atoms with Crippen molar-refractivity contribution in [1.82, 2.24) is 0 Å². The number of benzene rings is 1. The second-order valence-electron chi connectivity index (χ2n) is 3.87. The van der Waals surface area contributed by atoms with E-state index in [0.29, 0.717) is 12.0 Å². The highest BCUT2D eigenvalue weighted by atomic mass is 14.7. The van der Waals surface area contributed by atoms with Crippen LogP contribution in [0.15, 0.2) is 24.3 Å². The molecule has 0 bridgehead atoms. The van der Waals surface area contributed by atoms with Gasteiger partial charge in [-0.1, -0.05) is 18.6 Å². The van der Waals surface area contributed by atoms with Crippen molar-refractivity contribution in [3.05, 3.63) is 29.8 Å². The van der Waals surface area contributed by atoms with E-state index in [1.165, 1.54) is 18.4 Å². The average molecular weight is 176 g/mol. The van der Waals surface area contributed by atoms with Crippen LogP contribution in [-0.4, -0.2) is 6.04 Å². The Kier molecular flexibility index (Phi) is 2.23. The SMILES string of the molecule is Nc1cccc([C@@H]2CCC[C@@H]2N)c1. The van der Waals surface area contributed by atoms with Gasteiger partial charge in [-0.3, -0.25) is 0 Å². The normalized spacial score (nSPS) is 27.8. The molecule has 2 nitrogen and oxygen atoms in total. The second kappa shape index (κ2) is 3.38. The first-order valence-electron chi connectivity index (χ1n) is 4.88. The number of nitrogens with two attached hydrogens (primary N) is 2. The van der Waals surface area contributed by atoms with Crippen molar-refractivity contribution in [2.45, 2.75) is 31.2 Å². The van der Waals surface area contributed by atoms with Gasteiger partial charge in [0, 0.05) is 11.7 Å². The van der Waals surface area contributed by atoms with Crippen molar-refractivity contribution in [2.24, 2.45) is 5.73 Å². The van der Waals surface area contributed by atoms with Crippen LogP contribution in [-0.2, 0) is 0 Å². The van der Waals surface area contributed by atoms with Crippen molar-refractivity contribution < 1.29 is 0 Å². The molecule has 1 aromatic rings. The Balaban J connectivity index is 2.24. The third-order valence-electron chi connectivity index (χ3n) is 2.91. The minimum absolute atomic E-state index is 0.335. The lowest BCUT2D eigenvalue weighted by Crippen LogP contribution is -2.22. The molecule has 0 amide bonds. The Morgan fingerprint density at radius 1 is 1.23 bits per heavy atom. The van der Waals surface area contributed by atoms with Crippen LogP contribution in [0.3, 0.4) is 0 Å². The molecule has 13 heavy (non-hydrogen) atoms. The summed E-state index contributed by atoms with van der Waals surface area (Å²) in [6.45, 7) is 0. The van der Waals surface area contributed by atoms with Crippen molar-refractivity contribution in [1.29, 1.82) is 0 Å². The molecule has 1 aliphatic rings. The maximum Gasteiger partial charge on any atom is 0.0316 e. The lowest BCUT2D eigenvalue weighted by molar-refractivity contribution is 0.613. The van der Waals surface area contributed by atoms with Crippen molar-refractivity contribution >= 4 is 5.69 Å². The topological polar surface area (TPSA) is 52.0 Å². The highest BCUT2D eigenvalue weighted by Gasteiger charge is 2.25. The molecule has 1 aromatic carbocycles. The molecule has 1 saturated carbocycles. The van der Waals surface area contributed by atoms with E-state index in [9.17, 15) is 0 Å². The fourth-order valence-electron chi connectivity index (χ4n) is 2.19. The predicted octanol–water partition coefficient (Wildman–Crippen LogP) is 1.86. The van der Waals surface area contributed by atoms with Gasteiger partial charge in [-0.25, -0.2) is 0 Å². The number of hydrogen-bond donors (Lipinski definition) is 2. The van der Waals surface area contributed by atoms with Crippen LogP contribution in [0.25, 0.3) is 0 Å². The highest BCUT2D eigenvalue weighted by molar-refractivity contribution is 5.42. The van der Waals surface area contributed by atoms with Crippen molar-refractivity contribution in [2.75, 3.05) is 5.73 Å². The highest BCUT2D eigenvalue weighted by Crippen LogP contribution is 2.33. The van der Waals surface area contributed by atoms with Gasteiger partial charge in [0.05, 0.1) is 0 Å². The molecule has 1 aliphatic carbocycles. The van der Waals surface area contributed by atoms with Crippen LogP contribution in [0.4, 0.5) is 5.69 Å². The minimum Gasteiger partial charge on any atom is -0.399 e. The zero-order valence-corrected chi connectivity index (χ0v) is 7.74. The quantitative estimate of drug-likeness (QED) is 0.642. The molecule has 0 heterocycles. The van der Waals surface area contributed by atoms with Crippen molar-refractivity contribution in [3.63, 3.8) is 0 Å². The molecule has 2 heteroatoms. The molecular weight excluding hydrogens is 160 g/mol. The zero-order chi connectivity index (χ0) is 9.26. The van der Waals surface area contributed by atoms with Gasteiger partial charge in [-0.05, 0) is 36.5 Å². The van der Waals surface area contributed by atoms with Crippen LogP contribution in [0, 0.1) is 0 Å². The van der Waals surface area contributed by atoms with E-state index >= 15 is 0 Å². The molecular formula is C11H16N2. The van der Waals surface area contributed by atoms with Crippen LogP contribution in [0.2, 0.25) is 0 Å². The first kappa shape index (κ1) is 8.57. The maximum absolute atomic E-state index is 6.02. The summed E-state index contributed by atoms with van der Waals surface area (Å²) >= 11 is 0. The third kappa shape index (κ3) is 1.68. The standard InChI is InChI=1S/C11H16N2/c12-9-4-1-3-8(7-9)10-5-2-6-11(10)13/h1,3-4,7,10-11H,2,5-6,12-13H2/t10-,11-/m0/s1. The fraction of sp³-hybridized carbons (Fsp3) is 0.455. The van der Waals surface area contributed by atoms with Gasteiger partial charge >= 0.3 is 0 Å². The number of rotatable bonds is 1. The van der Waals surface area contributed by atoms with E-state index in [-0.39, 0.29) is 0 Å². The summed E-state index contributed by atoms with van der Waals surface area (Å²) in [4.78, 5) is 0. The van der Waals surface area contributed by atoms with Gasteiger partial charge in [0.25, 0.3) is 0 Å². The molecule has 4 N–H and O–H groups in total. The fourth-order valence-corrected chi connectivity index (χ4v) is 2.19. The largest absolute Gasteiger partial charge is 0.399 e. The molecule has 70 valence electrons. The minimum atomic E-state index is 0.335. The molecule has 0 aliphatic heterocycles. The van der Waals surface area contributed by atoms with Crippen LogP contribution >= 0.6 is 0 Å². The number of nitrogen functional groups attached to an aromatic ring is 1. The summed E-state index contributed by atoms with van der Waals surface area (Å²) in [6.07, 6.45) is 3.62. The van der Waals surface area contributed by atoms with Gasteiger partial charge in [0.2, 0.25) is 0 Å². The first-order chi connectivity index (χ1) is 6.27. The molecule has 0 aromatic heterocycles. The molecule has 0 saturated heterocycles. The van der Waals surface area contributed by atoms with E-state index in [1.807, 2.05) is 12.1 Å². The summed E-state index contributed by atoms with van der Waals surface area (Å²) in [7, 11) is 0. The zero-order valence-electron chi connectivity index (χ0n) is 7.74. The first-order valence-corrected chi connectivity index (χ1v) is 4.88. The maximum atomic E-state index is 6.02. The molecule has 2 rings (SSSR count). The second-order valence-corrected chi connectivity index (χ2v) is 3.87. The summed E-state index contributed by atoms with van der Waals surface area (Å²) in [5.41, 5.74) is 13.9. The predicted molar refractivity (Wildman–Crippen MR) is 55.4 cm³/mol. The lowest BCUT2D eigenvalue weighted by Gasteiger charge is -2.15. The van der Waals surface area contributed by atoms with E-state index in [0.717, 1.165) is 12.1 Å². The summed E-state index contributed by atoms with van der Waals surface area (Å²) < 4.78 is 0. The molecule has 0 radical (unpaired) electrons. The van der Waals surface area contributed by atoms with E-state index < -0.39 is 0 Å². The van der Waals surface area contributed by atoms with Gasteiger partial charge in [-0.15, -0.1) is 0 Å². The summed E-state index contributed by atoms with van der Waals surface area (Å²) in [6, 6.07) is 8.45. The summed E-state index contributed by atoms with van der Waals surface area (Å²) in [5.74, 6) is 0.531.